The molecule has 0 aromatic heterocycles. The molecule has 0 aromatic carbocycles. The van der Waals surface area contributed by atoms with Crippen molar-refractivity contribution < 1.29 is 4.74 Å². The van der Waals surface area contributed by atoms with E-state index in [4.69, 9.17) is 4.74 Å². The Hall–Kier alpha value is -0.0800. The highest BCUT2D eigenvalue weighted by molar-refractivity contribution is 4.80. The smallest absolute Gasteiger partial charge is 0.0731 e. The van der Waals surface area contributed by atoms with Crippen LogP contribution in [0.25, 0.3) is 0 Å². The maximum atomic E-state index is 5.83. The SMILES string of the molecule is CN[C@H]1CCCC[C@@H]1OC(C)C. The second-order valence-corrected chi connectivity index (χ2v) is 3.90. The number of hydrogen-bond donors (Lipinski definition) is 1. The summed E-state index contributed by atoms with van der Waals surface area (Å²) in [5, 5.41) is 3.33. The fourth-order valence-corrected chi connectivity index (χ4v) is 1.94. The number of likely N-dealkylation sites (N-methyl/N-ethyl adjacent to an activating group) is 1. The molecule has 0 unspecified atom stereocenters. The Balaban J connectivity index is 2.36. The van der Waals surface area contributed by atoms with Crippen LogP contribution < -0.4 is 5.32 Å². The van der Waals surface area contributed by atoms with Crippen molar-refractivity contribution >= 4 is 0 Å². The van der Waals surface area contributed by atoms with E-state index in [9.17, 15) is 0 Å². The van der Waals surface area contributed by atoms with Crippen LogP contribution in [-0.4, -0.2) is 25.3 Å². The molecule has 0 spiro atoms. The minimum Gasteiger partial charge on any atom is -0.374 e. The lowest BCUT2D eigenvalue weighted by atomic mass is 9.92. The number of hydrogen-bond acceptors (Lipinski definition) is 2. The third-order valence-corrected chi connectivity index (χ3v) is 2.52. The zero-order chi connectivity index (χ0) is 8.97. The van der Waals surface area contributed by atoms with Crippen LogP contribution >= 0.6 is 0 Å². The molecule has 1 rings (SSSR count). The molecule has 0 radical (unpaired) electrons. The van der Waals surface area contributed by atoms with Gasteiger partial charge in [-0.1, -0.05) is 12.8 Å². The Morgan fingerprint density at radius 1 is 1.25 bits per heavy atom. The number of nitrogens with one attached hydrogen (secondary N) is 1. The highest BCUT2D eigenvalue weighted by atomic mass is 16.5. The third kappa shape index (κ3) is 2.76. The summed E-state index contributed by atoms with van der Waals surface area (Å²) in [4.78, 5) is 0. The molecule has 2 atom stereocenters. The molecule has 0 amide bonds. The molecule has 1 saturated carbocycles. The van der Waals surface area contributed by atoms with Gasteiger partial charge in [0.25, 0.3) is 0 Å². The van der Waals surface area contributed by atoms with Crippen LogP contribution in [0, 0.1) is 0 Å². The predicted molar refractivity (Wildman–Crippen MR) is 51.3 cm³/mol. The summed E-state index contributed by atoms with van der Waals surface area (Å²) in [6.45, 7) is 4.22. The first-order chi connectivity index (χ1) is 5.74. The van der Waals surface area contributed by atoms with Gasteiger partial charge >= 0.3 is 0 Å². The highest BCUT2D eigenvalue weighted by Gasteiger charge is 2.24. The molecule has 1 N–H and O–H groups in total. The Morgan fingerprint density at radius 2 is 1.92 bits per heavy atom. The first-order valence-corrected chi connectivity index (χ1v) is 5.06. The molecule has 2 nitrogen and oxygen atoms in total. The Kier molecular flexibility index (Phi) is 4.02. The molecule has 0 aliphatic heterocycles. The van der Waals surface area contributed by atoms with Crippen molar-refractivity contribution in [1.82, 2.24) is 5.32 Å². The van der Waals surface area contributed by atoms with Crippen LogP contribution in [-0.2, 0) is 4.74 Å². The summed E-state index contributed by atoms with van der Waals surface area (Å²) < 4.78 is 5.83. The third-order valence-electron chi connectivity index (χ3n) is 2.52. The van der Waals surface area contributed by atoms with E-state index in [1.54, 1.807) is 0 Å². The van der Waals surface area contributed by atoms with Crippen molar-refractivity contribution in [2.45, 2.75) is 57.8 Å². The maximum Gasteiger partial charge on any atom is 0.0731 e. The lowest BCUT2D eigenvalue weighted by molar-refractivity contribution is -0.0292. The standard InChI is InChI=1S/C10H21NO/c1-8(2)12-10-7-5-4-6-9(10)11-3/h8-11H,4-7H2,1-3H3/t9-,10-/m0/s1. The van der Waals surface area contributed by atoms with Crippen molar-refractivity contribution in [3.8, 4) is 0 Å². The fourth-order valence-electron chi connectivity index (χ4n) is 1.94. The molecule has 0 bridgehead atoms. The quantitative estimate of drug-likeness (QED) is 0.700. The maximum absolute atomic E-state index is 5.83. The Labute approximate surface area is 75.7 Å². The van der Waals surface area contributed by atoms with Crippen molar-refractivity contribution in [2.75, 3.05) is 7.05 Å². The lowest BCUT2D eigenvalue weighted by Gasteiger charge is -2.32. The van der Waals surface area contributed by atoms with Gasteiger partial charge in [0, 0.05) is 6.04 Å². The van der Waals surface area contributed by atoms with E-state index in [0.717, 1.165) is 0 Å². The van der Waals surface area contributed by atoms with Crippen molar-refractivity contribution in [2.24, 2.45) is 0 Å². The summed E-state index contributed by atoms with van der Waals surface area (Å²) in [5.74, 6) is 0. The molecule has 1 fully saturated rings. The lowest BCUT2D eigenvalue weighted by Crippen LogP contribution is -2.42. The molecule has 2 heteroatoms. The molecule has 0 aromatic rings. The van der Waals surface area contributed by atoms with E-state index in [1.807, 2.05) is 7.05 Å². The van der Waals surface area contributed by atoms with E-state index in [-0.39, 0.29) is 0 Å². The van der Waals surface area contributed by atoms with E-state index in [2.05, 4.69) is 19.2 Å². The van der Waals surface area contributed by atoms with Crippen molar-refractivity contribution in [3.63, 3.8) is 0 Å². The fraction of sp³-hybridized carbons (Fsp3) is 1.00. The zero-order valence-corrected chi connectivity index (χ0v) is 8.47. The van der Waals surface area contributed by atoms with Gasteiger partial charge in [-0.15, -0.1) is 0 Å². The van der Waals surface area contributed by atoms with Crippen molar-refractivity contribution in [1.29, 1.82) is 0 Å². The predicted octanol–water partition coefficient (Wildman–Crippen LogP) is 1.94. The average Bonchev–Trinajstić information content (AvgIpc) is 2.04. The van der Waals surface area contributed by atoms with Crippen LogP contribution in [0.3, 0.4) is 0 Å². The van der Waals surface area contributed by atoms with Crippen LogP contribution in [0.1, 0.15) is 39.5 Å². The van der Waals surface area contributed by atoms with E-state index in [1.165, 1.54) is 25.7 Å². The zero-order valence-electron chi connectivity index (χ0n) is 8.47. The van der Waals surface area contributed by atoms with Crippen LogP contribution in [0.15, 0.2) is 0 Å². The molecular weight excluding hydrogens is 150 g/mol. The summed E-state index contributed by atoms with van der Waals surface area (Å²) in [5.41, 5.74) is 0. The van der Waals surface area contributed by atoms with Gasteiger partial charge in [-0.3, -0.25) is 0 Å². The van der Waals surface area contributed by atoms with Gasteiger partial charge in [0.1, 0.15) is 0 Å². The van der Waals surface area contributed by atoms with Gasteiger partial charge < -0.3 is 10.1 Å². The first-order valence-electron chi connectivity index (χ1n) is 5.06. The average molecular weight is 171 g/mol. The van der Waals surface area contributed by atoms with Gasteiger partial charge in [0.2, 0.25) is 0 Å². The minimum atomic E-state index is 0.365. The summed E-state index contributed by atoms with van der Waals surface area (Å²) in [6, 6.07) is 0.584. The molecular formula is C10H21NO. The van der Waals surface area contributed by atoms with Gasteiger partial charge in [-0.05, 0) is 33.7 Å². The van der Waals surface area contributed by atoms with Gasteiger partial charge in [-0.2, -0.15) is 0 Å². The Morgan fingerprint density at radius 3 is 2.50 bits per heavy atom. The first kappa shape index (κ1) is 10.0. The molecule has 1 aliphatic rings. The van der Waals surface area contributed by atoms with Crippen molar-refractivity contribution in [3.05, 3.63) is 0 Å². The summed E-state index contributed by atoms with van der Waals surface area (Å²) in [6.07, 6.45) is 5.99. The highest BCUT2D eigenvalue weighted by Crippen LogP contribution is 2.21. The number of ether oxygens (including phenoxy) is 1. The topological polar surface area (TPSA) is 21.3 Å². The van der Waals surface area contributed by atoms with E-state index in [0.29, 0.717) is 18.2 Å². The van der Waals surface area contributed by atoms with E-state index >= 15 is 0 Å². The normalized spacial score (nSPS) is 31.0. The van der Waals surface area contributed by atoms with E-state index < -0.39 is 0 Å². The largest absolute Gasteiger partial charge is 0.374 e. The summed E-state index contributed by atoms with van der Waals surface area (Å²) in [7, 11) is 2.03. The van der Waals surface area contributed by atoms with Crippen LogP contribution in [0.5, 0.6) is 0 Å². The molecule has 72 valence electrons. The molecule has 0 heterocycles. The minimum absolute atomic E-state index is 0.365. The second-order valence-electron chi connectivity index (χ2n) is 3.90. The Bertz CT molecular complexity index is 125. The molecule has 1 aliphatic carbocycles. The van der Waals surface area contributed by atoms with Gasteiger partial charge in [0.05, 0.1) is 12.2 Å². The molecule has 0 saturated heterocycles. The van der Waals surface area contributed by atoms with Gasteiger partial charge in [-0.25, -0.2) is 0 Å². The second kappa shape index (κ2) is 4.83. The van der Waals surface area contributed by atoms with Gasteiger partial charge in [0.15, 0.2) is 0 Å². The monoisotopic (exact) mass is 171 g/mol. The number of rotatable bonds is 3. The summed E-state index contributed by atoms with van der Waals surface area (Å²) >= 11 is 0. The van der Waals surface area contributed by atoms with Crippen LogP contribution in [0.4, 0.5) is 0 Å². The molecule has 12 heavy (non-hydrogen) atoms. The van der Waals surface area contributed by atoms with Crippen LogP contribution in [0.2, 0.25) is 0 Å².